The van der Waals surface area contributed by atoms with Gasteiger partial charge >= 0.3 is 0 Å². The lowest BCUT2D eigenvalue weighted by molar-refractivity contribution is -0.131. The standard InChI is InChI=1S/C19H20ClNO2/c1-23-15-10-8-14(9-11-15)13-19(22)21-12-4-7-18(21)16-5-2-3-6-17(16)20/h2-3,5-6,8-11,18H,4,7,12-13H2,1H3/t18-/m1/s1. The molecule has 2 aromatic rings. The molecule has 0 spiro atoms. The highest BCUT2D eigenvalue weighted by Crippen LogP contribution is 2.36. The van der Waals surface area contributed by atoms with Crippen LogP contribution in [0.2, 0.25) is 5.02 Å². The number of methoxy groups -OCH3 is 1. The van der Waals surface area contributed by atoms with Crippen LogP contribution < -0.4 is 4.74 Å². The van der Waals surface area contributed by atoms with Crippen LogP contribution in [-0.2, 0) is 11.2 Å². The maximum absolute atomic E-state index is 12.7. The van der Waals surface area contributed by atoms with Crippen LogP contribution in [0, 0.1) is 0 Å². The van der Waals surface area contributed by atoms with Crippen LogP contribution in [0.1, 0.15) is 30.0 Å². The number of nitrogens with zero attached hydrogens (tertiary/aromatic N) is 1. The molecule has 1 aliphatic heterocycles. The fourth-order valence-electron chi connectivity index (χ4n) is 3.15. The number of amides is 1. The van der Waals surface area contributed by atoms with Gasteiger partial charge in [-0.25, -0.2) is 0 Å². The van der Waals surface area contributed by atoms with E-state index < -0.39 is 0 Å². The summed E-state index contributed by atoms with van der Waals surface area (Å²) in [5.74, 6) is 0.953. The van der Waals surface area contributed by atoms with Crippen molar-refractivity contribution in [3.8, 4) is 5.75 Å². The molecular formula is C19H20ClNO2. The minimum atomic E-state index is 0.0921. The molecule has 0 saturated carbocycles. The molecule has 1 aliphatic rings. The van der Waals surface area contributed by atoms with E-state index in [1.165, 1.54) is 0 Å². The molecule has 2 aromatic carbocycles. The number of hydrogen-bond acceptors (Lipinski definition) is 2. The topological polar surface area (TPSA) is 29.5 Å². The van der Waals surface area contributed by atoms with Crippen LogP contribution in [0.4, 0.5) is 0 Å². The Morgan fingerprint density at radius 2 is 1.96 bits per heavy atom. The monoisotopic (exact) mass is 329 g/mol. The lowest BCUT2D eigenvalue weighted by atomic mass is 10.0. The third kappa shape index (κ3) is 3.50. The molecule has 0 N–H and O–H groups in total. The minimum absolute atomic E-state index is 0.0921. The molecule has 0 bridgehead atoms. The first kappa shape index (κ1) is 15.9. The van der Waals surface area contributed by atoms with Gasteiger partial charge in [-0.15, -0.1) is 0 Å². The maximum Gasteiger partial charge on any atom is 0.227 e. The number of carbonyl (C=O) groups excluding carboxylic acids is 1. The van der Waals surface area contributed by atoms with Crippen molar-refractivity contribution < 1.29 is 9.53 Å². The number of halogens is 1. The first-order valence-electron chi connectivity index (χ1n) is 7.86. The summed E-state index contributed by atoms with van der Waals surface area (Å²) < 4.78 is 5.15. The summed E-state index contributed by atoms with van der Waals surface area (Å²) in [7, 11) is 1.64. The van der Waals surface area contributed by atoms with Crippen molar-refractivity contribution in [3.63, 3.8) is 0 Å². The molecule has 1 atom stereocenters. The summed E-state index contributed by atoms with van der Waals surface area (Å²) in [6, 6.07) is 15.6. The van der Waals surface area contributed by atoms with E-state index in [1.54, 1.807) is 7.11 Å². The molecule has 0 radical (unpaired) electrons. The van der Waals surface area contributed by atoms with E-state index in [1.807, 2.05) is 53.4 Å². The predicted octanol–water partition coefficient (Wildman–Crippen LogP) is 4.25. The maximum atomic E-state index is 12.7. The van der Waals surface area contributed by atoms with Gasteiger partial charge in [-0.05, 0) is 42.2 Å². The Kier molecular flexibility index (Phi) is 4.87. The minimum Gasteiger partial charge on any atom is -0.497 e. The van der Waals surface area contributed by atoms with Crippen LogP contribution in [-0.4, -0.2) is 24.5 Å². The zero-order valence-corrected chi connectivity index (χ0v) is 13.9. The normalized spacial score (nSPS) is 17.3. The van der Waals surface area contributed by atoms with Gasteiger partial charge in [0.2, 0.25) is 5.91 Å². The van der Waals surface area contributed by atoms with E-state index in [4.69, 9.17) is 16.3 Å². The van der Waals surface area contributed by atoms with Crippen molar-refractivity contribution in [2.45, 2.75) is 25.3 Å². The molecule has 1 heterocycles. The van der Waals surface area contributed by atoms with Gasteiger partial charge in [-0.2, -0.15) is 0 Å². The lowest BCUT2D eigenvalue weighted by Gasteiger charge is -2.26. The molecule has 1 saturated heterocycles. The molecule has 3 rings (SSSR count). The second kappa shape index (κ2) is 7.05. The Morgan fingerprint density at radius 1 is 1.22 bits per heavy atom. The smallest absolute Gasteiger partial charge is 0.227 e. The van der Waals surface area contributed by atoms with Crippen LogP contribution in [0.3, 0.4) is 0 Å². The van der Waals surface area contributed by atoms with Crippen LogP contribution in [0.5, 0.6) is 5.75 Å². The summed E-state index contributed by atoms with van der Waals surface area (Å²) >= 11 is 6.32. The van der Waals surface area contributed by atoms with E-state index in [2.05, 4.69) is 0 Å². The second-order valence-electron chi connectivity index (χ2n) is 5.79. The largest absolute Gasteiger partial charge is 0.497 e. The number of hydrogen-bond donors (Lipinski definition) is 0. The zero-order chi connectivity index (χ0) is 16.2. The Labute approximate surface area is 141 Å². The quantitative estimate of drug-likeness (QED) is 0.839. The van der Waals surface area contributed by atoms with Crippen molar-refractivity contribution in [1.82, 2.24) is 4.90 Å². The van der Waals surface area contributed by atoms with Gasteiger partial charge in [0.25, 0.3) is 0 Å². The highest BCUT2D eigenvalue weighted by molar-refractivity contribution is 6.31. The summed E-state index contributed by atoms with van der Waals surface area (Å²) in [4.78, 5) is 14.7. The number of likely N-dealkylation sites (tertiary alicyclic amines) is 1. The van der Waals surface area contributed by atoms with E-state index in [0.29, 0.717) is 6.42 Å². The van der Waals surface area contributed by atoms with Gasteiger partial charge in [0, 0.05) is 11.6 Å². The Hall–Kier alpha value is -2.00. The predicted molar refractivity (Wildman–Crippen MR) is 91.8 cm³/mol. The molecule has 1 amide bonds. The average molecular weight is 330 g/mol. The lowest BCUT2D eigenvalue weighted by Crippen LogP contribution is -2.31. The fourth-order valence-corrected chi connectivity index (χ4v) is 3.42. The first-order chi connectivity index (χ1) is 11.2. The van der Waals surface area contributed by atoms with Crippen LogP contribution in [0.25, 0.3) is 0 Å². The van der Waals surface area contributed by atoms with Gasteiger partial charge < -0.3 is 9.64 Å². The van der Waals surface area contributed by atoms with Gasteiger partial charge in [0.15, 0.2) is 0 Å². The SMILES string of the molecule is COc1ccc(CC(=O)N2CCC[C@@H]2c2ccccc2Cl)cc1. The van der Waals surface area contributed by atoms with E-state index >= 15 is 0 Å². The fraction of sp³-hybridized carbons (Fsp3) is 0.316. The highest BCUT2D eigenvalue weighted by Gasteiger charge is 2.30. The number of ether oxygens (including phenoxy) is 1. The van der Waals surface area contributed by atoms with Crippen LogP contribution >= 0.6 is 11.6 Å². The molecular weight excluding hydrogens is 310 g/mol. The van der Waals surface area contributed by atoms with Gasteiger partial charge in [-0.1, -0.05) is 41.9 Å². The van der Waals surface area contributed by atoms with Gasteiger partial charge in [0.1, 0.15) is 5.75 Å². The van der Waals surface area contributed by atoms with Crippen molar-refractivity contribution in [2.75, 3.05) is 13.7 Å². The summed E-state index contributed by atoms with van der Waals surface area (Å²) in [6.07, 6.45) is 2.40. The van der Waals surface area contributed by atoms with E-state index in [0.717, 1.165) is 41.3 Å². The molecule has 23 heavy (non-hydrogen) atoms. The van der Waals surface area contributed by atoms with Gasteiger partial charge in [0.05, 0.1) is 19.6 Å². The molecule has 0 aliphatic carbocycles. The molecule has 1 fully saturated rings. The third-order valence-corrected chi connectivity index (χ3v) is 4.70. The molecule has 3 nitrogen and oxygen atoms in total. The van der Waals surface area contributed by atoms with Crippen molar-refractivity contribution in [1.29, 1.82) is 0 Å². The van der Waals surface area contributed by atoms with Crippen LogP contribution in [0.15, 0.2) is 48.5 Å². The molecule has 4 heteroatoms. The number of carbonyl (C=O) groups is 1. The van der Waals surface area contributed by atoms with E-state index in [-0.39, 0.29) is 11.9 Å². The highest BCUT2D eigenvalue weighted by atomic mass is 35.5. The second-order valence-corrected chi connectivity index (χ2v) is 6.20. The number of rotatable bonds is 4. The summed E-state index contributed by atoms with van der Waals surface area (Å²) in [6.45, 7) is 0.797. The van der Waals surface area contributed by atoms with Crippen molar-refractivity contribution in [3.05, 3.63) is 64.7 Å². The van der Waals surface area contributed by atoms with Crippen molar-refractivity contribution >= 4 is 17.5 Å². The summed E-state index contributed by atoms with van der Waals surface area (Å²) in [5, 5.41) is 0.738. The molecule has 120 valence electrons. The summed E-state index contributed by atoms with van der Waals surface area (Å²) in [5.41, 5.74) is 2.05. The Balaban J connectivity index is 1.74. The van der Waals surface area contributed by atoms with E-state index in [9.17, 15) is 4.79 Å². The van der Waals surface area contributed by atoms with Crippen molar-refractivity contribution in [2.24, 2.45) is 0 Å². The number of benzene rings is 2. The average Bonchev–Trinajstić information content (AvgIpc) is 3.05. The first-order valence-corrected chi connectivity index (χ1v) is 8.23. The zero-order valence-electron chi connectivity index (χ0n) is 13.2. The third-order valence-electron chi connectivity index (χ3n) is 4.35. The Bertz CT molecular complexity index is 684. The molecule has 0 aromatic heterocycles. The molecule has 0 unspecified atom stereocenters. The Morgan fingerprint density at radius 3 is 2.65 bits per heavy atom. The van der Waals surface area contributed by atoms with Gasteiger partial charge in [-0.3, -0.25) is 4.79 Å².